The van der Waals surface area contributed by atoms with Crippen molar-refractivity contribution < 1.29 is 4.42 Å². The van der Waals surface area contributed by atoms with E-state index in [1.807, 2.05) is 115 Å². The van der Waals surface area contributed by atoms with Crippen LogP contribution >= 0.6 is 0 Å². The molecule has 0 radical (unpaired) electrons. The summed E-state index contributed by atoms with van der Waals surface area (Å²) in [6.45, 7) is 0. The summed E-state index contributed by atoms with van der Waals surface area (Å²) in [6, 6.07) is 63.4. The molecule has 6 nitrogen and oxygen atoms in total. The van der Waals surface area contributed by atoms with E-state index >= 15 is 0 Å². The van der Waals surface area contributed by atoms with Crippen molar-refractivity contribution in [3.63, 3.8) is 0 Å². The largest absolute Gasteiger partial charge is 0.456 e. The molecule has 0 aliphatic rings. The van der Waals surface area contributed by atoms with E-state index in [-0.39, 0.29) is 0 Å². The van der Waals surface area contributed by atoms with Gasteiger partial charge >= 0.3 is 0 Å². The zero-order valence-corrected chi connectivity index (χ0v) is 29.5. The summed E-state index contributed by atoms with van der Waals surface area (Å²) in [5, 5.41) is 1.93. The average Bonchev–Trinajstić information content (AvgIpc) is 3.66. The third kappa shape index (κ3) is 6.22. The van der Waals surface area contributed by atoms with Gasteiger partial charge in [0.15, 0.2) is 23.3 Å². The van der Waals surface area contributed by atoms with Crippen LogP contribution in [-0.2, 0) is 0 Å². The minimum Gasteiger partial charge on any atom is -0.456 e. The molecule has 3 aromatic heterocycles. The molecule has 7 aromatic carbocycles. The first kappa shape index (κ1) is 32.1. The van der Waals surface area contributed by atoms with Crippen LogP contribution in [0.2, 0.25) is 0 Å². The molecule has 55 heavy (non-hydrogen) atoms. The van der Waals surface area contributed by atoms with Crippen molar-refractivity contribution in [2.45, 2.75) is 0 Å². The Labute approximate surface area is 317 Å². The Morgan fingerprint density at radius 1 is 0.291 bits per heavy atom. The maximum atomic E-state index is 6.45. The van der Waals surface area contributed by atoms with Gasteiger partial charge in [0.05, 0.1) is 11.4 Å². The molecule has 0 amide bonds. The van der Waals surface area contributed by atoms with Crippen LogP contribution in [0.15, 0.2) is 192 Å². The molecule has 0 aliphatic carbocycles. The third-order valence-electron chi connectivity index (χ3n) is 9.75. The highest BCUT2D eigenvalue weighted by Gasteiger charge is 2.19. The Balaban J connectivity index is 1.10. The predicted octanol–water partition coefficient (Wildman–Crippen LogP) is 12.2. The van der Waals surface area contributed by atoms with Gasteiger partial charge in [-0.3, -0.25) is 0 Å². The summed E-state index contributed by atoms with van der Waals surface area (Å²) in [7, 11) is 0. The lowest BCUT2D eigenvalue weighted by Crippen LogP contribution is -2.00. The maximum Gasteiger partial charge on any atom is 0.164 e. The number of nitrogens with zero attached hydrogens (tertiary/aromatic N) is 5. The molecule has 10 aromatic rings. The second kappa shape index (κ2) is 13.8. The van der Waals surface area contributed by atoms with Crippen LogP contribution in [0.5, 0.6) is 0 Å². The van der Waals surface area contributed by atoms with Gasteiger partial charge in [-0.1, -0.05) is 158 Å². The lowest BCUT2D eigenvalue weighted by molar-refractivity contribution is 0.669. The number of rotatable bonds is 7. The fraction of sp³-hybridized carbons (Fsp3) is 0. The first-order valence-corrected chi connectivity index (χ1v) is 18.2. The zero-order chi connectivity index (χ0) is 36.6. The quantitative estimate of drug-likeness (QED) is 0.164. The highest BCUT2D eigenvalue weighted by molar-refractivity contribution is 6.12. The minimum atomic E-state index is 0.582. The van der Waals surface area contributed by atoms with Crippen molar-refractivity contribution in [2.24, 2.45) is 0 Å². The van der Waals surface area contributed by atoms with Gasteiger partial charge in [-0.2, -0.15) is 0 Å². The summed E-state index contributed by atoms with van der Waals surface area (Å²) in [4.78, 5) is 25.1. The Morgan fingerprint density at radius 2 is 0.764 bits per heavy atom. The molecule has 6 heteroatoms. The fourth-order valence-electron chi connectivity index (χ4n) is 7.05. The molecule has 0 bridgehead atoms. The normalized spacial score (nSPS) is 11.3. The number of benzene rings is 7. The lowest BCUT2D eigenvalue weighted by atomic mass is 9.99. The van der Waals surface area contributed by atoms with Crippen LogP contribution in [-0.4, -0.2) is 24.9 Å². The maximum absolute atomic E-state index is 6.45. The van der Waals surface area contributed by atoms with E-state index in [2.05, 4.69) is 72.8 Å². The Bertz CT molecular complexity index is 2850. The molecule has 0 fully saturated rings. The SMILES string of the molecule is c1ccc(-c2cc(-c3ccccc3)nc(-c3cccc(-c4ccc5oc6cccc(-c7nc(-c8ccccc8)nc(-c8ccccc8)n7)c6c5c4)c3)n2)cc1. The van der Waals surface area contributed by atoms with E-state index in [1.54, 1.807) is 0 Å². The number of hydrogen-bond acceptors (Lipinski definition) is 6. The van der Waals surface area contributed by atoms with E-state index < -0.39 is 0 Å². The van der Waals surface area contributed by atoms with Gasteiger partial charge in [-0.15, -0.1) is 0 Å². The van der Waals surface area contributed by atoms with Crippen LogP contribution in [0.25, 0.3) is 101 Å². The first-order chi connectivity index (χ1) is 27.2. The van der Waals surface area contributed by atoms with Crippen molar-refractivity contribution in [3.8, 4) is 79.2 Å². The predicted molar refractivity (Wildman–Crippen MR) is 221 cm³/mol. The molecule has 0 aliphatic heterocycles. The molecule has 3 heterocycles. The van der Waals surface area contributed by atoms with E-state index in [0.717, 1.165) is 77.8 Å². The molecule has 258 valence electrons. The molecule has 0 N–H and O–H groups in total. The van der Waals surface area contributed by atoms with Crippen molar-refractivity contribution in [3.05, 3.63) is 188 Å². The number of aromatic nitrogens is 5. The fourth-order valence-corrected chi connectivity index (χ4v) is 7.05. The molecular formula is C49H31N5O. The van der Waals surface area contributed by atoms with Gasteiger partial charge in [0.1, 0.15) is 11.2 Å². The molecule has 0 saturated carbocycles. The molecule has 10 rings (SSSR count). The van der Waals surface area contributed by atoms with E-state index in [0.29, 0.717) is 23.3 Å². The van der Waals surface area contributed by atoms with Gasteiger partial charge in [0.2, 0.25) is 0 Å². The van der Waals surface area contributed by atoms with Crippen molar-refractivity contribution in [2.75, 3.05) is 0 Å². The van der Waals surface area contributed by atoms with E-state index in [4.69, 9.17) is 29.3 Å². The van der Waals surface area contributed by atoms with Crippen LogP contribution < -0.4 is 0 Å². The molecule has 0 atom stereocenters. The standard InChI is InChI=1S/C49H31N5O/c1-5-15-32(16-6-1)41-31-42(33-17-7-2-8-18-33)51-48(50-41)38-24-13-23-36(29-38)37-27-28-43-40(30-37)45-39(25-14-26-44(45)55-43)49-53-46(34-19-9-3-10-20-34)52-47(54-49)35-21-11-4-12-22-35/h1-31H. The van der Waals surface area contributed by atoms with Gasteiger partial charge in [0, 0.05) is 44.2 Å². The highest BCUT2D eigenvalue weighted by atomic mass is 16.3. The Morgan fingerprint density at radius 3 is 1.36 bits per heavy atom. The highest BCUT2D eigenvalue weighted by Crippen LogP contribution is 2.39. The summed E-state index contributed by atoms with van der Waals surface area (Å²) in [5.41, 5.74) is 11.1. The zero-order valence-electron chi connectivity index (χ0n) is 29.5. The van der Waals surface area contributed by atoms with Gasteiger partial charge < -0.3 is 4.42 Å². The van der Waals surface area contributed by atoms with Crippen LogP contribution in [0, 0.1) is 0 Å². The molecule has 0 spiro atoms. The number of fused-ring (bicyclic) bond motifs is 3. The molecule has 0 saturated heterocycles. The van der Waals surface area contributed by atoms with E-state index in [1.165, 1.54) is 0 Å². The summed E-state index contributed by atoms with van der Waals surface area (Å²) in [6.07, 6.45) is 0. The van der Waals surface area contributed by atoms with Crippen molar-refractivity contribution in [1.29, 1.82) is 0 Å². The van der Waals surface area contributed by atoms with Gasteiger partial charge in [0.25, 0.3) is 0 Å². The Hall–Kier alpha value is -7.57. The van der Waals surface area contributed by atoms with Crippen molar-refractivity contribution >= 4 is 21.9 Å². The van der Waals surface area contributed by atoms with Crippen LogP contribution in [0.1, 0.15) is 0 Å². The first-order valence-electron chi connectivity index (χ1n) is 18.2. The number of hydrogen-bond donors (Lipinski definition) is 0. The van der Waals surface area contributed by atoms with Crippen LogP contribution in [0.3, 0.4) is 0 Å². The minimum absolute atomic E-state index is 0.582. The smallest absolute Gasteiger partial charge is 0.164 e. The molecular weight excluding hydrogens is 675 g/mol. The number of furan rings is 1. The third-order valence-corrected chi connectivity index (χ3v) is 9.75. The monoisotopic (exact) mass is 705 g/mol. The Kier molecular flexibility index (Phi) is 8.04. The molecule has 0 unspecified atom stereocenters. The summed E-state index contributed by atoms with van der Waals surface area (Å²) in [5.74, 6) is 2.47. The lowest BCUT2D eigenvalue weighted by Gasteiger charge is -2.11. The summed E-state index contributed by atoms with van der Waals surface area (Å²) < 4.78 is 6.45. The van der Waals surface area contributed by atoms with Gasteiger partial charge in [-0.05, 0) is 41.5 Å². The topological polar surface area (TPSA) is 77.6 Å². The average molecular weight is 706 g/mol. The van der Waals surface area contributed by atoms with Crippen molar-refractivity contribution in [1.82, 2.24) is 24.9 Å². The second-order valence-electron chi connectivity index (χ2n) is 13.3. The van der Waals surface area contributed by atoms with E-state index in [9.17, 15) is 0 Å². The van der Waals surface area contributed by atoms with Crippen LogP contribution in [0.4, 0.5) is 0 Å². The van der Waals surface area contributed by atoms with Gasteiger partial charge in [-0.25, -0.2) is 24.9 Å². The second-order valence-corrected chi connectivity index (χ2v) is 13.3. The summed E-state index contributed by atoms with van der Waals surface area (Å²) >= 11 is 0.